The van der Waals surface area contributed by atoms with E-state index in [-0.39, 0.29) is 12.2 Å². The monoisotopic (exact) mass is 256 g/mol. The third-order valence-electron chi connectivity index (χ3n) is 2.75. The number of hydrogen-bond donors (Lipinski definition) is 4. The molecule has 0 aliphatic heterocycles. The highest BCUT2D eigenvalue weighted by Crippen LogP contribution is 2.18. The second-order valence-corrected chi connectivity index (χ2v) is 3.99. The largest absolute Gasteiger partial charge is 0.394 e. The molecule has 18 heavy (non-hydrogen) atoms. The third kappa shape index (κ3) is 3.23. The van der Waals surface area contributed by atoms with Gasteiger partial charge in [-0.1, -0.05) is 18.2 Å². The van der Waals surface area contributed by atoms with Gasteiger partial charge in [-0.25, -0.2) is 0 Å². The molecule has 4 N–H and O–H groups in total. The molecule has 1 aromatic rings. The minimum atomic E-state index is -1.25. The molecule has 0 aliphatic rings. The molecular weight excluding hydrogens is 240 g/mol. The summed E-state index contributed by atoms with van der Waals surface area (Å²) in [5.74, 6) is 0. The quantitative estimate of drug-likeness (QED) is 0.382. The van der Waals surface area contributed by atoms with E-state index in [0.717, 1.165) is 0 Å². The van der Waals surface area contributed by atoms with E-state index in [4.69, 9.17) is 15.3 Å². The number of aliphatic hydroxyl groups excluding tert-OH is 3. The Hall–Kier alpha value is -1.54. The normalized spacial score (nSPS) is 11.5. The van der Waals surface area contributed by atoms with Gasteiger partial charge in [0.25, 0.3) is 5.69 Å². The van der Waals surface area contributed by atoms with Crippen LogP contribution >= 0.6 is 0 Å². The van der Waals surface area contributed by atoms with Gasteiger partial charge < -0.3 is 20.6 Å². The van der Waals surface area contributed by atoms with Gasteiger partial charge in [0.05, 0.1) is 30.3 Å². The van der Waals surface area contributed by atoms with Crippen molar-refractivity contribution >= 4 is 5.69 Å². The van der Waals surface area contributed by atoms with Crippen LogP contribution in [-0.2, 0) is 6.54 Å². The summed E-state index contributed by atoms with van der Waals surface area (Å²) in [7, 11) is 0. The van der Waals surface area contributed by atoms with Crippen LogP contribution in [0.2, 0.25) is 0 Å². The molecule has 7 nitrogen and oxygen atoms in total. The SMILES string of the molecule is O=[N+]([O-])c1ccccc1CNC(CO)(CO)CO. The predicted octanol–water partition coefficient (Wildman–Crippen LogP) is -0.600. The van der Waals surface area contributed by atoms with E-state index in [9.17, 15) is 10.1 Å². The van der Waals surface area contributed by atoms with Gasteiger partial charge in [-0.3, -0.25) is 10.1 Å². The molecule has 0 amide bonds. The molecule has 1 aromatic carbocycles. The summed E-state index contributed by atoms with van der Waals surface area (Å²) >= 11 is 0. The first kappa shape index (κ1) is 14.5. The van der Waals surface area contributed by atoms with E-state index in [1.54, 1.807) is 18.2 Å². The van der Waals surface area contributed by atoms with Gasteiger partial charge in [-0.2, -0.15) is 0 Å². The van der Waals surface area contributed by atoms with Crippen molar-refractivity contribution in [1.82, 2.24) is 5.32 Å². The van der Waals surface area contributed by atoms with E-state index in [2.05, 4.69) is 5.32 Å². The van der Waals surface area contributed by atoms with Crippen molar-refractivity contribution in [2.45, 2.75) is 12.1 Å². The van der Waals surface area contributed by atoms with Crippen LogP contribution in [-0.4, -0.2) is 45.6 Å². The van der Waals surface area contributed by atoms with Crippen LogP contribution < -0.4 is 5.32 Å². The number of benzene rings is 1. The van der Waals surface area contributed by atoms with Crippen LogP contribution in [0, 0.1) is 10.1 Å². The van der Waals surface area contributed by atoms with Gasteiger partial charge in [0.2, 0.25) is 0 Å². The Labute approximate surface area is 104 Å². The Bertz CT molecular complexity index is 398. The van der Waals surface area contributed by atoms with E-state index in [1.165, 1.54) is 6.07 Å². The average molecular weight is 256 g/mol. The second kappa shape index (κ2) is 6.41. The summed E-state index contributed by atoms with van der Waals surface area (Å²) in [4.78, 5) is 10.3. The highest BCUT2D eigenvalue weighted by atomic mass is 16.6. The molecule has 0 atom stereocenters. The third-order valence-corrected chi connectivity index (χ3v) is 2.75. The highest BCUT2D eigenvalue weighted by molar-refractivity contribution is 5.39. The Kier molecular flexibility index (Phi) is 5.17. The molecule has 0 fully saturated rings. The van der Waals surface area contributed by atoms with Crippen molar-refractivity contribution in [1.29, 1.82) is 0 Å². The molecular formula is C11H16N2O5. The van der Waals surface area contributed by atoms with Crippen LogP contribution in [0.25, 0.3) is 0 Å². The van der Waals surface area contributed by atoms with Crippen LogP contribution in [0.15, 0.2) is 24.3 Å². The maximum absolute atomic E-state index is 10.8. The molecule has 0 saturated heterocycles. The Morgan fingerprint density at radius 2 is 1.72 bits per heavy atom. The molecule has 0 saturated carbocycles. The number of nitro groups is 1. The smallest absolute Gasteiger partial charge is 0.273 e. The van der Waals surface area contributed by atoms with Gasteiger partial charge in [0.1, 0.15) is 0 Å². The van der Waals surface area contributed by atoms with E-state index in [1.807, 2.05) is 0 Å². The van der Waals surface area contributed by atoms with E-state index in [0.29, 0.717) is 5.56 Å². The number of rotatable bonds is 7. The van der Waals surface area contributed by atoms with Gasteiger partial charge in [0, 0.05) is 18.2 Å². The van der Waals surface area contributed by atoms with E-state index >= 15 is 0 Å². The highest BCUT2D eigenvalue weighted by Gasteiger charge is 2.28. The first-order valence-electron chi connectivity index (χ1n) is 5.38. The van der Waals surface area contributed by atoms with Crippen LogP contribution in [0.1, 0.15) is 5.56 Å². The lowest BCUT2D eigenvalue weighted by molar-refractivity contribution is -0.385. The zero-order valence-corrected chi connectivity index (χ0v) is 9.74. The number of nitro benzene ring substituents is 1. The molecule has 0 aromatic heterocycles. The Balaban J connectivity index is 2.83. The first-order valence-corrected chi connectivity index (χ1v) is 5.38. The van der Waals surface area contributed by atoms with Crippen LogP contribution in [0.3, 0.4) is 0 Å². The van der Waals surface area contributed by atoms with Crippen molar-refractivity contribution in [3.8, 4) is 0 Å². The fourth-order valence-electron chi connectivity index (χ4n) is 1.44. The predicted molar refractivity (Wildman–Crippen MR) is 63.9 cm³/mol. The Morgan fingerprint density at radius 1 is 1.17 bits per heavy atom. The molecule has 0 heterocycles. The lowest BCUT2D eigenvalue weighted by Gasteiger charge is -2.28. The fourth-order valence-corrected chi connectivity index (χ4v) is 1.44. The number of hydrogen-bond acceptors (Lipinski definition) is 6. The molecule has 0 unspecified atom stereocenters. The lowest BCUT2D eigenvalue weighted by atomic mass is 10.0. The van der Waals surface area contributed by atoms with Crippen molar-refractivity contribution in [2.75, 3.05) is 19.8 Å². The number of nitrogens with one attached hydrogen (secondary N) is 1. The van der Waals surface area contributed by atoms with Crippen molar-refractivity contribution in [3.05, 3.63) is 39.9 Å². The summed E-state index contributed by atoms with van der Waals surface area (Å²) in [6.07, 6.45) is 0. The maximum Gasteiger partial charge on any atom is 0.273 e. The summed E-state index contributed by atoms with van der Waals surface area (Å²) in [6, 6.07) is 6.15. The number of para-hydroxylation sites is 1. The molecule has 0 bridgehead atoms. The van der Waals surface area contributed by atoms with Gasteiger partial charge >= 0.3 is 0 Å². The fraction of sp³-hybridized carbons (Fsp3) is 0.455. The summed E-state index contributed by atoms with van der Waals surface area (Å²) in [6.45, 7) is -1.35. The molecule has 0 spiro atoms. The van der Waals surface area contributed by atoms with E-state index < -0.39 is 30.3 Å². The summed E-state index contributed by atoms with van der Waals surface area (Å²) in [5.41, 5.74) is -0.876. The standard InChI is InChI=1S/C11H16N2O5/c14-6-11(7-15,8-16)12-5-9-3-1-2-4-10(9)13(17)18/h1-4,12,14-16H,5-8H2. The van der Waals surface area contributed by atoms with Crippen molar-refractivity contribution in [3.63, 3.8) is 0 Å². The second-order valence-electron chi connectivity index (χ2n) is 3.99. The molecule has 0 aliphatic carbocycles. The van der Waals surface area contributed by atoms with Crippen molar-refractivity contribution < 1.29 is 20.2 Å². The van der Waals surface area contributed by atoms with Gasteiger partial charge in [-0.15, -0.1) is 0 Å². The minimum absolute atomic E-state index is 0.0484. The summed E-state index contributed by atoms with van der Waals surface area (Å²) in [5, 5.41) is 40.9. The zero-order chi connectivity index (χ0) is 13.6. The van der Waals surface area contributed by atoms with Crippen molar-refractivity contribution in [2.24, 2.45) is 0 Å². The maximum atomic E-state index is 10.8. The van der Waals surface area contributed by atoms with Crippen LogP contribution in [0.5, 0.6) is 0 Å². The minimum Gasteiger partial charge on any atom is -0.394 e. The molecule has 7 heteroatoms. The molecule has 100 valence electrons. The molecule has 1 rings (SSSR count). The number of aliphatic hydroxyl groups is 3. The number of nitrogens with zero attached hydrogens (tertiary/aromatic N) is 1. The van der Waals surface area contributed by atoms with Gasteiger partial charge in [-0.05, 0) is 0 Å². The Morgan fingerprint density at radius 3 is 2.22 bits per heavy atom. The topological polar surface area (TPSA) is 116 Å². The zero-order valence-electron chi connectivity index (χ0n) is 9.74. The van der Waals surface area contributed by atoms with Crippen LogP contribution in [0.4, 0.5) is 5.69 Å². The lowest BCUT2D eigenvalue weighted by Crippen LogP contribution is -2.54. The average Bonchev–Trinajstić information content (AvgIpc) is 2.41. The molecule has 0 radical (unpaired) electrons. The summed E-state index contributed by atoms with van der Waals surface area (Å²) < 4.78 is 0. The van der Waals surface area contributed by atoms with Gasteiger partial charge in [0.15, 0.2) is 0 Å². The first-order chi connectivity index (χ1) is 8.58.